The van der Waals surface area contributed by atoms with Gasteiger partial charge < -0.3 is 33.4 Å². The van der Waals surface area contributed by atoms with E-state index < -0.39 is 28.9 Å². The van der Waals surface area contributed by atoms with Crippen LogP contribution in [-0.2, 0) is 29.1 Å². The number of hydrogen-bond acceptors (Lipinski definition) is 1. The second-order valence-corrected chi connectivity index (χ2v) is 13.6. The Balaban J connectivity index is 0.00000480. The van der Waals surface area contributed by atoms with Gasteiger partial charge in [0.2, 0.25) is 5.91 Å². The maximum atomic E-state index is 13.6. The normalized spacial score (nSPS) is 24.1. The predicted molar refractivity (Wildman–Crippen MR) is 163 cm³/mol. The summed E-state index contributed by atoms with van der Waals surface area (Å²) >= 11 is 12.7. The van der Waals surface area contributed by atoms with E-state index in [1.807, 2.05) is 12.1 Å². The number of rotatable bonds is 7. The van der Waals surface area contributed by atoms with E-state index in [0.717, 1.165) is 42.5 Å². The van der Waals surface area contributed by atoms with Gasteiger partial charge in [-0.15, -0.1) is 0 Å². The summed E-state index contributed by atoms with van der Waals surface area (Å²) in [6.45, 7) is 2.47. The van der Waals surface area contributed by atoms with Gasteiger partial charge in [0, 0.05) is 44.2 Å². The standard InChI is InChI=1S/C34H35Cl2F6N2O.HI/c1-44(14-10-25(11-15-44)24-5-3-2-4-6-24)16-13-32(26-7-8-29(35)30(36)20-26)12-9-31(45)43(22-32)21-23-17-27(33(37,38)39)19-28(18-23)34(40,41)42;/h2-8,17-20,25H,9-16,21-22H2,1H3;1H/q+1;/p-1/t25?,32-,44?;/m1./s1. The molecule has 0 spiro atoms. The molecule has 3 aromatic rings. The number of halogens is 9. The summed E-state index contributed by atoms with van der Waals surface area (Å²) in [5.41, 5.74) is -1.46. The minimum atomic E-state index is -4.97. The van der Waals surface area contributed by atoms with E-state index in [-0.39, 0.29) is 61.0 Å². The Morgan fingerprint density at radius 2 is 1.48 bits per heavy atom. The zero-order valence-corrected chi connectivity index (χ0v) is 28.9. The van der Waals surface area contributed by atoms with E-state index in [2.05, 4.69) is 31.3 Å². The fourth-order valence-corrected chi connectivity index (χ4v) is 7.18. The third kappa shape index (κ3) is 8.52. The van der Waals surface area contributed by atoms with Crippen molar-refractivity contribution in [1.29, 1.82) is 0 Å². The molecular formula is C34H35Cl2F6IN2O. The van der Waals surface area contributed by atoms with Gasteiger partial charge in [-0.3, -0.25) is 4.79 Å². The maximum Gasteiger partial charge on any atom is 0.416 e. The molecular weight excluding hydrogens is 764 g/mol. The Morgan fingerprint density at radius 1 is 0.870 bits per heavy atom. The zero-order chi connectivity index (χ0) is 32.6. The smallest absolute Gasteiger partial charge is 0.416 e. The van der Waals surface area contributed by atoms with Gasteiger partial charge in [0.1, 0.15) is 0 Å². The molecule has 3 nitrogen and oxygen atoms in total. The molecule has 5 rings (SSSR count). The van der Waals surface area contributed by atoms with Crippen LogP contribution in [0.5, 0.6) is 0 Å². The maximum absolute atomic E-state index is 13.6. The van der Waals surface area contributed by atoms with Crippen molar-refractivity contribution in [2.45, 2.75) is 62.3 Å². The van der Waals surface area contributed by atoms with Crippen LogP contribution in [0.15, 0.2) is 66.7 Å². The molecule has 0 N–H and O–H groups in total. The number of piperidine rings is 2. The van der Waals surface area contributed by atoms with Gasteiger partial charge in [0.05, 0.1) is 47.9 Å². The molecule has 2 aliphatic rings. The summed E-state index contributed by atoms with van der Waals surface area (Å²) in [5, 5.41) is 0.707. The Hall–Kier alpha value is -2.02. The van der Waals surface area contributed by atoms with Gasteiger partial charge in [-0.05, 0) is 59.4 Å². The second-order valence-electron chi connectivity index (χ2n) is 12.8. The third-order valence-corrected chi connectivity index (χ3v) is 10.4. The topological polar surface area (TPSA) is 20.3 Å². The highest BCUT2D eigenvalue weighted by Crippen LogP contribution is 2.43. The van der Waals surface area contributed by atoms with Crippen LogP contribution < -0.4 is 24.0 Å². The quantitative estimate of drug-likeness (QED) is 0.152. The van der Waals surface area contributed by atoms with Crippen molar-refractivity contribution in [2.24, 2.45) is 0 Å². The number of carbonyl (C=O) groups excluding carboxylic acids is 1. The molecule has 2 fully saturated rings. The van der Waals surface area contributed by atoms with E-state index in [0.29, 0.717) is 40.9 Å². The fourth-order valence-electron chi connectivity index (χ4n) is 6.88. The third-order valence-electron chi connectivity index (χ3n) is 9.65. The number of amides is 1. The van der Waals surface area contributed by atoms with E-state index in [4.69, 9.17) is 23.2 Å². The molecule has 0 unspecified atom stereocenters. The van der Waals surface area contributed by atoms with E-state index in [9.17, 15) is 31.1 Å². The Bertz CT molecular complexity index is 1490. The van der Waals surface area contributed by atoms with Crippen molar-refractivity contribution in [3.63, 3.8) is 0 Å². The van der Waals surface area contributed by atoms with Crippen LogP contribution in [0.25, 0.3) is 0 Å². The number of likely N-dealkylation sites (tertiary alicyclic amines) is 2. The lowest BCUT2D eigenvalue weighted by Crippen LogP contribution is -3.00. The van der Waals surface area contributed by atoms with Gasteiger partial charge >= 0.3 is 12.4 Å². The van der Waals surface area contributed by atoms with Crippen LogP contribution in [0.2, 0.25) is 10.0 Å². The van der Waals surface area contributed by atoms with Crippen molar-refractivity contribution in [3.8, 4) is 0 Å². The first-order chi connectivity index (χ1) is 21.1. The molecule has 3 aromatic carbocycles. The number of hydrogen-bond donors (Lipinski definition) is 0. The summed E-state index contributed by atoms with van der Waals surface area (Å²) in [4.78, 5) is 14.6. The molecule has 1 amide bonds. The molecule has 250 valence electrons. The molecule has 12 heteroatoms. The second kappa shape index (κ2) is 14.2. The summed E-state index contributed by atoms with van der Waals surface area (Å²) in [7, 11) is 2.22. The zero-order valence-electron chi connectivity index (χ0n) is 25.2. The fraction of sp³-hybridized carbons (Fsp3) is 0.441. The Morgan fingerprint density at radius 3 is 2.04 bits per heavy atom. The summed E-state index contributed by atoms with van der Waals surface area (Å²) in [6.07, 6.45) is -6.66. The molecule has 0 radical (unpaired) electrons. The van der Waals surface area contributed by atoms with Crippen LogP contribution in [0.1, 0.15) is 65.8 Å². The number of carbonyl (C=O) groups is 1. The first kappa shape index (κ1) is 36.8. The van der Waals surface area contributed by atoms with E-state index in [1.54, 1.807) is 12.1 Å². The number of benzene rings is 3. The van der Waals surface area contributed by atoms with Crippen LogP contribution in [0.4, 0.5) is 26.3 Å². The lowest BCUT2D eigenvalue weighted by Gasteiger charge is -2.47. The monoisotopic (exact) mass is 798 g/mol. The molecule has 2 aliphatic heterocycles. The van der Waals surface area contributed by atoms with Crippen molar-refractivity contribution in [3.05, 3.63) is 105 Å². The van der Waals surface area contributed by atoms with Crippen LogP contribution in [0.3, 0.4) is 0 Å². The van der Waals surface area contributed by atoms with Crippen LogP contribution >= 0.6 is 23.2 Å². The largest absolute Gasteiger partial charge is 1.00 e. The first-order valence-electron chi connectivity index (χ1n) is 15.0. The predicted octanol–water partition coefficient (Wildman–Crippen LogP) is 6.51. The van der Waals surface area contributed by atoms with Crippen molar-refractivity contribution >= 4 is 29.1 Å². The Labute approximate surface area is 292 Å². The molecule has 0 bridgehead atoms. The highest BCUT2D eigenvalue weighted by molar-refractivity contribution is 6.42. The summed E-state index contributed by atoms with van der Waals surface area (Å²) in [6, 6.07) is 17.2. The van der Waals surface area contributed by atoms with Gasteiger partial charge in [-0.25, -0.2) is 0 Å². The molecule has 0 saturated carbocycles. The van der Waals surface area contributed by atoms with Crippen molar-refractivity contribution in [2.75, 3.05) is 33.2 Å². The van der Waals surface area contributed by atoms with Crippen LogP contribution in [-0.4, -0.2) is 48.5 Å². The SMILES string of the molecule is C[N+]1(CC[C@]2(c3ccc(Cl)c(Cl)c3)CCC(=O)N(Cc3cc(C(F)(F)F)cc(C(F)(F)F)c3)C2)CCC(c2ccccc2)CC1.[I-]. The molecule has 0 aliphatic carbocycles. The average molecular weight is 799 g/mol. The lowest BCUT2D eigenvalue weighted by molar-refractivity contribution is -0.915. The van der Waals surface area contributed by atoms with Gasteiger partial charge in [-0.2, -0.15) is 26.3 Å². The molecule has 2 heterocycles. The number of alkyl halides is 6. The van der Waals surface area contributed by atoms with E-state index >= 15 is 0 Å². The molecule has 46 heavy (non-hydrogen) atoms. The van der Waals surface area contributed by atoms with E-state index in [1.165, 1.54) is 10.5 Å². The van der Waals surface area contributed by atoms with Gasteiger partial charge in [0.15, 0.2) is 0 Å². The molecule has 1 atom stereocenters. The highest BCUT2D eigenvalue weighted by atomic mass is 127. The molecule has 0 aromatic heterocycles. The summed E-state index contributed by atoms with van der Waals surface area (Å²) < 4.78 is 82.2. The van der Waals surface area contributed by atoms with Gasteiger partial charge in [0.25, 0.3) is 0 Å². The minimum Gasteiger partial charge on any atom is -1.00 e. The van der Waals surface area contributed by atoms with Crippen molar-refractivity contribution < 1.29 is 59.6 Å². The highest BCUT2D eigenvalue weighted by Gasteiger charge is 2.43. The number of nitrogens with zero attached hydrogens (tertiary/aromatic N) is 2. The number of quaternary nitrogens is 1. The summed E-state index contributed by atoms with van der Waals surface area (Å²) in [5.74, 6) is 0.166. The Kier molecular flexibility index (Phi) is 11.4. The minimum absolute atomic E-state index is 0. The first-order valence-corrected chi connectivity index (χ1v) is 15.7. The molecule has 2 saturated heterocycles. The van der Waals surface area contributed by atoms with Crippen LogP contribution in [0, 0.1) is 0 Å². The van der Waals surface area contributed by atoms with Crippen molar-refractivity contribution in [1.82, 2.24) is 4.90 Å². The average Bonchev–Trinajstić information content (AvgIpc) is 2.99. The lowest BCUT2D eigenvalue weighted by atomic mass is 9.71. The van der Waals surface area contributed by atoms with Gasteiger partial charge in [-0.1, -0.05) is 59.6 Å².